The number of nitrogens with zero attached hydrogens (tertiary/aromatic N) is 2. The van der Waals surface area contributed by atoms with Gasteiger partial charge in [-0.15, -0.1) is 0 Å². The Bertz CT molecular complexity index is 419. The average Bonchev–Trinajstić information content (AvgIpc) is 3.13. The van der Waals surface area contributed by atoms with E-state index >= 15 is 0 Å². The Balaban J connectivity index is 1.71. The van der Waals surface area contributed by atoms with Gasteiger partial charge in [0.05, 0.1) is 0 Å². The van der Waals surface area contributed by atoms with E-state index in [1.165, 1.54) is 18.4 Å². The van der Waals surface area contributed by atoms with Crippen molar-refractivity contribution in [3.63, 3.8) is 0 Å². The molecule has 0 bridgehead atoms. The second kappa shape index (κ2) is 5.27. The lowest BCUT2D eigenvalue weighted by Crippen LogP contribution is -2.55. The zero-order valence-electron chi connectivity index (χ0n) is 10.8. The summed E-state index contributed by atoms with van der Waals surface area (Å²) in [6, 6.07) is 3.50. The van der Waals surface area contributed by atoms with Crippen LogP contribution >= 0.6 is 15.9 Å². The fraction of sp³-hybridized carbons (Fsp3) is 0.643. The predicted molar refractivity (Wildman–Crippen MR) is 76.3 cm³/mol. The molecule has 2 atom stereocenters. The third-order valence-electron chi connectivity index (χ3n) is 3.97. The lowest BCUT2D eigenvalue weighted by Gasteiger charge is -2.39. The zero-order chi connectivity index (χ0) is 12.5. The van der Waals surface area contributed by atoms with Crippen LogP contribution < -0.4 is 5.32 Å². The zero-order valence-corrected chi connectivity index (χ0v) is 12.4. The summed E-state index contributed by atoms with van der Waals surface area (Å²) < 4.78 is 1.08. The van der Waals surface area contributed by atoms with Crippen LogP contribution in [0.5, 0.6) is 0 Å². The number of halogens is 1. The van der Waals surface area contributed by atoms with Crippen LogP contribution in [-0.2, 0) is 6.54 Å². The van der Waals surface area contributed by atoms with Crippen LogP contribution in [0, 0.1) is 5.92 Å². The number of nitrogens with one attached hydrogen (secondary N) is 1. The molecule has 1 aromatic heterocycles. The van der Waals surface area contributed by atoms with Crippen molar-refractivity contribution in [2.75, 3.05) is 13.1 Å². The van der Waals surface area contributed by atoms with Gasteiger partial charge in [0, 0.05) is 48.6 Å². The van der Waals surface area contributed by atoms with Gasteiger partial charge in [-0.3, -0.25) is 9.88 Å². The molecule has 1 saturated heterocycles. The molecule has 3 nitrogen and oxygen atoms in total. The highest BCUT2D eigenvalue weighted by Gasteiger charge is 2.37. The summed E-state index contributed by atoms with van der Waals surface area (Å²) in [5, 5.41) is 3.61. The molecule has 0 radical (unpaired) electrons. The van der Waals surface area contributed by atoms with E-state index in [0.717, 1.165) is 36.1 Å². The molecule has 1 N–H and O–H groups in total. The van der Waals surface area contributed by atoms with Gasteiger partial charge >= 0.3 is 0 Å². The van der Waals surface area contributed by atoms with Gasteiger partial charge in [0.1, 0.15) is 0 Å². The van der Waals surface area contributed by atoms with Gasteiger partial charge in [-0.1, -0.05) is 0 Å². The molecule has 1 aliphatic carbocycles. The normalized spacial score (nSPS) is 29.4. The first-order valence-electron chi connectivity index (χ1n) is 6.79. The number of piperazine rings is 1. The van der Waals surface area contributed by atoms with Crippen molar-refractivity contribution >= 4 is 15.9 Å². The van der Waals surface area contributed by atoms with Crippen molar-refractivity contribution in [3.8, 4) is 0 Å². The number of aromatic nitrogens is 1. The van der Waals surface area contributed by atoms with E-state index in [2.05, 4.69) is 44.1 Å². The first-order valence-corrected chi connectivity index (χ1v) is 7.58. The van der Waals surface area contributed by atoms with Crippen LogP contribution in [0.3, 0.4) is 0 Å². The van der Waals surface area contributed by atoms with Crippen molar-refractivity contribution in [1.29, 1.82) is 0 Å². The van der Waals surface area contributed by atoms with E-state index in [-0.39, 0.29) is 0 Å². The van der Waals surface area contributed by atoms with E-state index < -0.39 is 0 Å². The number of hydrogen-bond acceptors (Lipinski definition) is 3. The Morgan fingerprint density at radius 2 is 2.28 bits per heavy atom. The van der Waals surface area contributed by atoms with Gasteiger partial charge in [0.25, 0.3) is 0 Å². The van der Waals surface area contributed by atoms with E-state index in [1.54, 1.807) is 0 Å². The van der Waals surface area contributed by atoms with E-state index in [1.807, 2.05) is 12.4 Å². The lowest BCUT2D eigenvalue weighted by molar-refractivity contribution is 0.112. The number of pyridine rings is 1. The molecule has 0 amide bonds. The van der Waals surface area contributed by atoms with Crippen molar-refractivity contribution in [2.45, 2.75) is 38.4 Å². The van der Waals surface area contributed by atoms with Crippen LogP contribution in [0.25, 0.3) is 0 Å². The minimum absolute atomic E-state index is 0.597. The summed E-state index contributed by atoms with van der Waals surface area (Å²) in [6.07, 6.45) is 6.66. The van der Waals surface area contributed by atoms with Gasteiger partial charge in [0.15, 0.2) is 0 Å². The van der Waals surface area contributed by atoms with E-state index in [9.17, 15) is 0 Å². The van der Waals surface area contributed by atoms with Gasteiger partial charge in [0.2, 0.25) is 0 Å². The summed E-state index contributed by atoms with van der Waals surface area (Å²) in [7, 11) is 0. The highest BCUT2D eigenvalue weighted by molar-refractivity contribution is 9.10. The molecule has 98 valence electrons. The lowest BCUT2D eigenvalue weighted by atomic mass is 10.0. The van der Waals surface area contributed by atoms with Gasteiger partial charge in [-0.05, 0) is 53.2 Å². The third kappa shape index (κ3) is 2.92. The van der Waals surface area contributed by atoms with Crippen LogP contribution in [0.2, 0.25) is 0 Å². The minimum atomic E-state index is 0.597. The largest absolute Gasteiger partial charge is 0.311 e. The van der Waals surface area contributed by atoms with Crippen LogP contribution in [0.4, 0.5) is 0 Å². The maximum Gasteiger partial charge on any atom is 0.0410 e. The molecule has 2 aliphatic rings. The summed E-state index contributed by atoms with van der Waals surface area (Å²) in [4.78, 5) is 6.91. The molecule has 2 fully saturated rings. The fourth-order valence-corrected chi connectivity index (χ4v) is 3.32. The Hall–Kier alpha value is -0.450. The Morgan fingerprint density at radius 3 is 3.00 bits per heavy atom. The summed E-state index contributed by atoms with van der Waals surface area (Å²) in [6.45, 7) is 5.59. The monoisotopic (exact) mass is 309 g/mol. The molecular formula is C14H20BrN3. The highest BCUT2D eigenvalue weighted by atomic mass is 79.9. The molecule has 18 heavy (non-hydrogen) atoms. The maximum absolute atomic E-state index is 4.27. The molecular weight excluding hydrogens is 290 g/mol. The molecule has 4 heteroatoms. The summed E-state index contributed by atoms with van der Waals surface area (Å²) in [5.41, 5.74) is 1.31. The topological polar surface area (TPSA) is 28.2 Å². The second-order valence-electron chi connectivity index (χ2n) is 5.65. The Kier molecular flexibility index (Phi) is 3.68. The minimum Gasteiger partial charge on any atom is -0.311 e. The molecule has 1 saturated carbocycles. The Labute approximate surface area is 117 Å². The molecule has 2 unspecified atom stereocenters. The van der Waals surface area contributed by atoms with Crippen molar-refractivity contribution in [2.24, 2.45) is 5.92 Å². The smallest absolute Gasteiger partial charge is 0.0410 e. The van der Waals surface area contributed by atoms with Crippen molar-refractivity contribution < 1.29 is 0 Å². The number of rotatable bonds is 3. The van der Waals surface area contributed by atoms with Crippen LogP contribution in [-0.4, -0.2) is 35.1 Å². The van der Waals surface area contributed by atoms with Crippen LogP contribution in [0.1, 0.15) is 25.3 Å². The van der Waals surface area contributed by atoms with Crippen molar-refractivity contribution in [3.05, 3.63) is 28.5 Å². The van der Waals surface area contributed by atoms with Crippen molar-refractivity contribution in [1.82, 2.24) is 15.2 Å². The standard InChI is InChI=1S/C14H20BrN3/c1-10-8-18(14(7-17-10)12-2-3-12)9-11-4-13(15)6-16-5-11/h4-6,10,12,14,17H,2-3,7-9H2,1H3. The predicted octanol–water partition coefficient (Wildman–Crippen LogP) is 2.42. The molecule has 0 aromatic carbocycles. The van der Waals surface area contributed by atoms with Gasteiger partial charge in [-0.2, -0.15) is 0 Å². The van der Waals surface area contributed by atoms with E-state index in [0.29, 0.717) is 6.04 Å². The average molecular weight is 310 g/mol. The first kappa shape index (κ1) is 12.6. The van der Waals surface area contributed by atoms with E-state index in [4.69, 9.17) is 0 Å². The molecule has 0 spiro atoms. The second-order valence-corrected chi connectivity index (χ2v) is 6.57. The highest BCUT2D eigenvalue weighted by Crippen LogP contribution is 2.36. The maximum atomic E-state index is 4.27. The quantitative estimate of drug-likeness (QED) is 0.929. The first-order chi connectivity index (χ1) is 8.72. The summed E-state index contributed by atoms with van der Waals surface area (Å²) in [5.74, 6) is 0.921. The van der Waals surface area contributed by atoms with Crippen LogP contribution in [0.15, 0.2) is 22.9 Å². The molecule has 1 aliphatic heterocycles. The summed E-state index contributed by atoms with van der Waals surface area (Å²) >= 11 is 3.50. The SMILES string of the molecule is CC1CN(Cc2cncc(Br)c2)C(C2CC2)CN1. The Morgan fingerprint density at radius 1 is 1.44 bits per heavy atom. The molecule has 1 aromatic rings. The van der Waals surface area contributed by atoms with Gasteiger partial charge < -0.3 is 5.32 Å². The third-order valence-corrected chi connectivity index (χ3v) is 4.40. The number of hydrogen-bond donors (Lipinski definition) is 1. The van der Waals surface area contributed by atoms with Gasteiger partial charge in [-0.25, -0.2) is 0 Å². The molecule has 2 heterocycles. The fourth-order valence-electron chi connectivity index (χ4n) is 2.91. The molecule has 3 rings (SSSR count).